The lowest BCUT2D eigenvalue weighted by molar-refractivity contribution is 0.0470. The van der Waals surface area contributed by atoms with Crippen LogP contribution in [0.2, 0.25) is 10.0 Å². The van der Waals surface area contributed by atoms with Gasteiger partial charge >= 0.3 is 5.97 Å². The largest absolute Gasteiger partial charge is 0.492 e. The number of thiophene rings is 1. The number of halogens is 3. The molecule has 0 saturated carbocycles. The third-order valence-electron chi connectivity index (χ3n) is 4.67. The Morgan fingerprint density at radius 2 is 2.12 bits per heavy atom. The molecule has 0 unspecified atom stereocenters. The molecule has 0 radical (unpaired) electrons. The van der Waals surface area contributed by atoms with Gasteiger partial charge in [0, 0.05) is 22.1 Å². The van der Waals surface area contributed by atoms with Gasteiger partial charge in [-0.2, -0.15) is 0 Å². The maximum absolute atomic E-state index is 15.1. The summed E-state index contributed by atoms with van der Waals surface area (Å²) in [6, 6.07) is 6.60. The highest BCUT2D eigenvalue weighted by Gasteiger charge is 2.24. The summed E-state index contributed by atoms with van der Waals surface area (Å²) < 4.78 is 25.5. The summed E-state index contributed by atoms with van der Waals surface area (Å²) in [6.07, 6.45) is 3.11. The summed E-state index contributed by atoms with van der Waals surface area (Å²) in [6.45, 7) is 0.540. The van der Waals surface area contributed by atoms with Crippen molar-refractivity contribution < 1.29 is 18.7 Å². The van der Waals surface area contributed by atoms with E-state index in [1.54, 1.807) is 11.8 Å². The van der Waals surface area contributed by atoms with E-state index in [4.69, 9.17) is 32.7 Å². The molecule has 0 fully saturated rings. The molecule has 11 heteroatoms. The summed E-state index contributed by atoms with van der Waals surface area (Å²) in [7, 11) is 1.31. The van der Waals surface area contributed by atoms with Gasteiger partial charge in [-0.1, -0.05) is 35.3 Å². The monoisotopic (exact) mass is 525 g/mol. The van der Waals surface area contributed by atoms with E-state index in [0.29, 0.717) is 6.54 Å². The Morgan fingerprint density at radius 1 is 1.27 bits per heavy atom. The molecule has 0 saturated heterocycles. The van der Waals surface area contributed by atoms with Crippen LogP contribution < -0.4 is 10.1 Å². The first-order chi connectivity index (χ1) is 16.0. The summed E-state index contributed by atoms with van der Waals surface area (Å²) in [5.74, 6) is -0.467. The second-order valence-corrected chi connectivity index (χ2v) is 9.86. The number of allylic oxidation sites excluding steroid dienone is 1. The molecule has 0 amide bonds. The average Bonchev–Trinajstić information content (AvgIpc) is 3.52. The van der Waals surface area contributed by atoms with E-state index in [1.165, 1.54) is 30.6 Å². The van der Waals surface area contributed by atoms with Crippen molar-refractivity contribution >= 4 is 58.1 Å². The van der Waals surface area contributed by atoms with Gasteiger partial charge in [-0.05, 0) is 30.0 Å². The van der Waals surface area contributed by atoms with Gasteiger partial charge < -0.3 is 14.8 Å². The van der Waals surface area contributed by atoms with Crippen LogP contribution in [0.15, 0.2) is 40.6 Å². The third kappa shape index (κ3) is 5.43. The normalized spacial score (nSPS) is 13.0. The number of rotatable bonds is 8. The quantitative estimate of drug-likeness (QED) is 0.338. The lowest BCUT2D eigenvalue weighted by Gasteiger charge is -2.14. The highest BCUT2D eigenvalue weighted by Crippen LogP contribution is 2.36. The maximum Gasteiger partial charge on any atom is 0.359 e. The molecule has 1 N–H and O–H groups in total. The maximum atomic E-state index is 15.1. The zero-order valence-electron chi connectivity index (χ0n) is 17.4. The fraction of sp³-hybridized carbons (Fsp3) is 0.227. The van der Waals surface area contributed by atoms with Crippen LogP contribution in [0.3, 0.4) is 0 Å². The molecule has 0 spiro atoms. The van der Waals surface area contributed by atoms with Crippen LogP contribution in [0.25, 0.3) is 11.4 Å². The molecule has 0 aliphatic carbocycles. The first-order valence-corrected chi connectivity index (χ1v) is 12.4. The Labute approximate surface area is 208 Å². The fourth-order valence-corrected chi connectivity index (χ4v) is 5.05. The van der Waals surface area contributed by atoms with Crippen molar-refractivity contribution in [2.24, 2.45) is 0 Å². The van der Waals surface area contributed by atoms with Crippen LogP contribution in [0, 0.1) is 5.82 Å². The second-order valence-electron chi connectivity index (χ2n) is 6.82. The molecule has 0 atom stereocenters. The van der Waals surface area contributed by atoms with Gasteiger partial charge in [0.05, 0.1) is 17.7 Å². The second kappa shape index (κ2) is 10.7. The first-order valence-electron chi connectivity index (χ1n) is 9.83. The predicted octanol–water partition coefficient (Wildman–Crippen LogP) is 6.45. The van der Waals surface area contributed by atoms with E-state index in [9.17, 15) is 4.79 Å². The summed E-state index contributed by atoms with van der Waals surface area (Å²) in [5, 5.41) is 5.12. The number of nitrogens with zero attached hydrogens (tertiary/aromatic N) is 2. The number of hydrogen-bond acceptors (Lipinski definition) is 8. The van der Waals surface area contributed by atoms with Crippen molar-refractivity contribution in [2.75, 3.05) is 24.7 Å². The predicted molar refractivity (Wildman–Crippen MR) is 131 cm³/mol. The van der Waals surface area contributed by atoms with Crippen LogP contribution in [0.5, 0.6) is 5.75 Å². The van der Waals surface area contributed by atoms with Crippen LogP contribution in [-0.2, 0) is 11.3 Å². The Kier molecular flexibility index (Phi) is 7.75. The summed E-state index contributed by atoms with van der Waals surface area (Å²) in [4.78, 5) is 23.5. The van der Waals surface area contributed by atoms with Crippen molar-refractivity contribution in [2.45, 2.75) is 13.0 Å². The van der Waals surface area contributed by atoms with E-state index in [-0.39, 0.29) is 45.3 Å². The number of carbonyl (C=O) groups excluding carboxylic acids is 1. The molecule has 1 aliphatic rings. The Morgan fingerprint density at radius 3 is 2.82 bits per heavy atom. The number of aromatic nitrogens is 2. The number of methoxy groups -OCH3 is 1. The van der Waals surface area contributed by atoms with Crippen molar-refractivity contribution in [3.05, 3.63) is 67.1 Å². The Bertz CT molecular complexity index is 1210. The van der Waals surface area contributed by atoms with Gasteiger partial charge in [0.15, 0.2) is 23.1 Å². The first kappa shape index (κ1) is 23.8. The van der Waals surface area contributed by atoms with Gasteiger partial charge in [-0.15, -0.1) is 23.1 Å². The zero-order valence-corrected chi connectivity index (χ0v) is 20.5. The summed E-state index contributed by atoms with van der Waals surface area (Å²) in [5.41, 5.74) is -0.153. The van der Waals surface area contributed by atoms with Crippen LogP contribution in [-0.4, -0.2) is 35.3 Å². The van der Waals surface area contributed by atoms with Gasteiger partial charge in [0.1, 0.15) is 17.4 Å². The number of ether oxygens (including phenoxy) is 2. The molecule has 3 heterocycles. The van der Waals surface area contributed by atoms with Crippen molar-refractivity contribution in [3.63, 3.8) is 0 Å². The number of nitrogens with one attached hydrogen (secondary N) is 1. The van der Waals surface area contributed by atoms with Crippen LogP contribution in [0.4, 0.5) is 10.2 Å². The molecular formula is C22H18Cl2FN3O3S2. The molecule has 1 aromatic carbocycles. The SMILES string of the molecule is COc1c(Cl)ccc(-c2nc(NCC3=CCCS3)c(Cl)c(C(=O)OCc3cccs3)n2)c1F. The third-order valence-corrected chi connectivity index (χ3v) is 7.30. The molecule has 3 aromatic rings. The molecular weight excluding hydrogens is 508 g/mol. The van der Waals surface area contributed by atoms with Crippen molar-refractivity contribution in [1.29, 1.82) is 0 Å². The highest BCUT2D eigenvalue weighted by molar-refractivity contribution is 8.03. The number of hydrogen-bond donors (Lipinski definition) is 1. The topological polar surface area (TPSA) is 73.3 Å². The number of anilines is 1. The van der Waals surface area contributed by atoms with Gasteiger partial charge in [-0.3, -0.25) is 0 Å². The molecule has 0 bridgehead atoms. The molecule has 172 valence electrons. The smallest absolute Gasteiger partial charge is 0.359 e. The zero-order chi connectivity index (χ0) is 23.4. The minimum absolute atomic E-state index is 0.000127. The molecule has 2 aromatic heterocycles. The van der Waals surface area contributed by atoms with E-state index in [1.807, 2.05) is 17.5 Å². The van der Waals surface area contributed by atoms with Crippen LogP contribution in [0.1, 0.15) is 21.8 Å². The minimum atomic E-state index is -0.745. The Hall–Kier alpha value is -2.33. The van der Waals surface area contributed by atoms with Gasteiger partial charge in [-0.25, -0.2) is 19.2 Å². The lowest BCUT2D eigenvalue weighted by atomic mass is 10.1. The number of thioether (sulfide) groups is 1. The number of benzene rings is 1. The van der Waals surface area contributed by atoms with Crippen molar-refractivity contribution in [1.82, 2.24) is 9.97 Å². The molecule has 4 rings (SSSR count). The molecule has 33 heavy (non-hydrogen) atoms. The Balaban J connectivity index is 1.71. The fourth-order valence-electron chi connectivity index (χ4n) is 3.07. The van der Waals surface area contributed by atoms with Gasteiger partial charge in [0.2, 0.25) is 0 Å². The number of carbonyl (C=O) groups is 1. The summed E-state index contributed by atoms with van der Waals surface area (Å²) >= 11 is 15.7. The highest BCUT2D eigenvalue weighted by atomic mass is 35.5. The van der Waals surface area contributed by atoms with Crippen LogP contribution >= 0.6 is 46.3 Å². The minimum Gasteiger partial charge on any atom is -0.492 e. The van der Waals surface area contributed by atoms with Crippen molar-refractivity contribution in [3.8, 4) is 17.1 Å². The van der Waals surface area contributed by atoms with E-state index >= 15 is 4.39 Å². The molecule has 6 nitrogen and oxygen atoms in total. The lowest BCUT2D eigenvalue weighted by Crippen LogP contribution is -2.14. The number of esters is 1. The average molecular weight is 526 g/mol. The molecule has 1 aliphatic heterocycles. The van der Waals surface area contributed by atoms with Gasteiger partial charge in [0.25, 0.3) is 0 Å². The van der Waals surface area contributed by atoms with E-state index < -0.39 is 11.8 Å². The van der Waals surface area contributed by atoms with E-state index in [0.717, 1.165) is 22.0 Å². The van der Waals surface area contributed by atoms with E-state index in [2.05, 4.69) is 21.4 Å². The standard InChI is InChI=1S/C22H18Cl2FN3O3S2/c1-30-19-15(23)7-6-14(17(19)25)20-27-18(22(29)31-11-13-5-3-9-33-13)16(24)21(28-20)26-10-12-4-2-8-32-12/h3-7,9H,2,8,10-11H2,1H3,(H,26,27,28).